The summed E-state index contributed by atoms with van der Waals surface area (Å²) in [7, 11) is 0. The molecule has 3 aliphatic heterocycles. The number of rotatable bonds is 3. The maximum absolute atomic E-state index is 13.1. The van der Waals surface area contributed by atoms with Crippen LogP contribution in [0.4, 0.5) is 0 Å². The summed E-state index contributed by atoms with van der Waals surface area (Å²) in [6.07, 6.45) is 1.31. The fourth-order valence-corrected chi connectivity index (χ4v) is 4.30. The van der Waals surface area contributed by atoms with Crippen LogP contribution in [0.1, 0.15) is 52.5 Å². The number of hydrogen-bond donors (Lipinski definition) is 2. The van der Waals surface area contributed by atoms with Crippen molar-refractivity contribution in [3.05, 3.63) is 34.9 Å². The smallest absolute Gasteiger partial charge is 0.262 e. The average molecular weight is 384 g/mol. The summed E-state index contributed by atoms with van der Waals surface area (Å²) in [6.45, 7) is 5.46. The Kier molecular flexibility index (Phi) is 4.99. The Balaban J connectivity index is 1.61. The van der Waals surface area contributed by atoms with E-state index in [-0.39, 0.29) is 18.7 Å². The molecule has 4 amide bonds. The molecule has 8 nitrogen and oxygen atoms in total. The lowest BCUT2D eigenvalue weighted by molar-refractivity contribution is -0.136. The third kappa shape index (κ3) is 3.33. The predicted molar refractivity (Wildman–Crippen MR) is 100 cm³/mol. The van der Waals surface area contributed by atoms with Gasteiger partial charge in [0.1, 0.15) is 6.04 Å². The van der Waals surface area contributed by atoms with Gasteiger partial charge in [0.25, 0.3) is 11.8 Å². The van der Waals surface area contributed by atoms with Crippen LogP contribution in [0.25, 0.3) is 0 Å². The number of benzene rings is 1. The van der Waals surface area contributed by atoms with E-state index < -0.39 is 23.8 Å². The SMILES string of the molecule is CC1CN(Cc2cccc3c2C(=O)N(C2CCC(=O)NC2=O)C3=O)CCCN1. The van der Waals surface area contributed by atoms with E-state index >= 15 is 0 Å². The van der Waals surface area contributed by atoms with E-state index in [1.165, 1.54) is 0 Å². The van der Waals surface area contributed by atoms with E-state index in [0.29, 0.717) is 23.7 Å². The summed E-state index contributed by atoms with van der Waals surface area (Å²) >= 11 is 0. The van der Waals surface area contributed by atoms with Gasteiger partial charge in [-0.15, -0.1) is 0 Å². The van der Waals surface area contributed by atoms with Crippen molar-refractivity contribution >= 4 is 23.6 Å². The average Bonchev–Trinajstić information content (AvgIpc) is 2.79. The van der Waals surface area contributed by atoms with Crippen molar-refractivity contribution < 1.29 is 19.2 Å². The van der Waals surface area contributed by atoms with Crippen LogP contribution in [0, 0.1) is 0 Å². The standard InChI is InChI=1S/C20H24N4O4/c1-12-10-23(9-3-8-21-12)11-13-4-2-5-14-17(13)20(28)24(19(14)27)15-6-7-16(25)22-18(15)26/h2,4-5,12,15,21H,3,6-11H2,1H3,(H,22,25,26). The number of imide groups is 2. The normalized spacial score (nSPS) is 26.2. The number of carbonyl (C=O) groups is 4. The Hall–Kier alpha value is -2.58. The molecule has 148 valence electrons. The predicted octanol–water partition coefficient (Wildman–Crippen LogP) is 0.272. The van der Waals surface area contributed by atoms with Crippen LogP contribution in [0.5, 0.6) is 0 Å². The first kappa shape index (κ1) is 18.8. The van der Waals surface area contributed by atoms with Crippen molar-refractivity contribution in [2.24, 2.45) is 0 Å². The van der Waals surface area contributed by atoms with Gasteiger partial charge in [-0.3, -0.25) is 34.3 Å². The molecular formula is C20H24N4O4. The number of amides is 4. The van der Waals surface area contributed by atoms with Crippen LogP contribution in [0.15, 0.2) is 18.2 Å². The number of piperidine rings is 1. The van der Waals surface area contributed by atoms with Crippen LogP contribution >= 0.6 is 0 Å². The summed E-state index contributed by atoms with van der Waals surface area (Å²) in [5, 5.41) is 5.67. The lowest BCUT2D eigenvalue weighted by Crippen LogP contribution is -2.54. The monoisotopic (exact) mass is 384 g/mol. The molecule has 0 bridgehead atoms. The molecule has 0 saturated carbocycles. The molecule has 0 radical (unpaired) electrons. The second-order valence-corrected chi connectivity index (χ2v) is 7.73. The zero-order chi connectivity index (χ0) is 19.8. The van der Waals surface area contributed by atoms with E-state index in [1.54, 1.807) is 12.1 Å². The lowest BCUT2D eigenvalue weighted by atomic mass is 10.0. The van der Waals surface area contributed by atoms with Gasteiger partial charge in [0.15, 0.2) is 0 Å². The molecule has 2 fully saturated rings. The zero-order valence-corrected chi connectivity index (χ0v) is 15.9. The molecule has 0 spiro atoms. The second kappa shape index (κ2) is 7.44. The molecule has 3 aliphatic rings. The summed E-state index contributed by atoms with van der Waals surface area (Å²) < 4.78 is 0. The second-order valence-electron chi connectivity index (χ2n) is 7.73. The number of carbonyl (C=O) groups excluding carboxylic acids is 4. The summed E-state index contributed by atoms with van der Waals surface area (Å²) in [4.78, 5) is 53.0. The number of nitrogens with one attached hydrogen (secondary N) is 2. The molecule has 2 N–H and O–H groups in total. The quantitative estimate of drug-likeness (QED) is 0.726. The van der Waals surface area contributed by atoms with Gasteiger partial charge in [0.2, 0.25) is 11.8 Å². The zero-order valence-electron chi connectivity index (χ0n) is 15.9. The minimum Gasteiger partial charge on any atom is -0.313 e. The fraction of sp³-hybridized carbons (Fsp3) is 0.500. The van der Waals surface area contributed by atoms with Gasteiger partial charge in [-0.2, -0.15) is 0 Å². The van der Waals surface area contributed by atoms with Gasteiger partial charge in [-0.1, -0.05) is 12.1 Å². The van der Waals surface area contributed by atoms with E-state index in [2.05, 4.69) is 22.5 Å². The van der Waals surface area contributed by atoms with Crippen LogP contribution in [0.3, 0.4) is 0 Å². The highest BCUT2D eigenvalue weighted by atomic mass is 16.2. The molecule has 0 aliphatic carbocycles. The lowest BCUT2D eigenvalue weighted by Gasteiger charge is -2.28. The third-order valence-corrected chi connectivity index (χ3v) is 5.62. The highest BCUT2D eigenvalue weighted by molar-refractivity contribution is 6.24. The molecule has 8 heteroatoms. The van der Waals surface area contributed by atoms with E-state index in [4.69, 9.17) is 0 Å². The minimum atomic E-state index is -0.930. The highest BCUT2D eigenvalue weighted by Crippen LogP contribution is 2.30. The number of fused-ring (bicyclic) bond motifs is 1. The topological polar surface area (TPSA) is 98.8 Å². The van der Waals surface area contributed by atoms with E-state index in [0.717, 1.165) is 36.5 Å². The van der Waals surface area contributed by atoms with Gasteiger partial charge < -0.3 is 5.32 Å². The van der Waals surface area contributed by atoms with Crippen molar-refractivity contribution in [3.63, 3.8) is 0 Å². The third-order valence-electron chi connectivity index (χ3n) is 5.62. The molecular weight excluding hydrogens is 360 g/mol. The molecule has 1 aromatic rings. The van der Waals surface area contributed by atoms with E-state index in [9.17, 15) is 19.2 Å². The van der Waals surface area contributed by atoms with E-state index in [1.807, 2.05) is 6.07 Å². The number of nitrogens with zero attached hydrogens (tertiary/aromatic N) is 2. The van der Waals surface area contributed by atoms with Crippen molar-refractivity contribution in [2.75, 3.05) is 19.6 Å². The molecule has 2 unspecified atom stereocenters. The molecule has 3 heterocycles. The molecule has 28 heavy (non-hydrogen) atoms. The molecule has 4 rings (SSSR count). The van der Waals surface area contributed by atoms with Crippen LogP contribution < -0.4 is 10.6 Å². The first-order valence-electron chi connectivity index (χ1n) is 9.75. The summed E-state index contributed by atoms with van der Waals surface area (Å²) in [6, 6.07) is 4.72. The minimum absolute atomic E-state index is 0.120. The Morgan fingerprint density at radius 3 is 2.75 bits per heavy atom. The van der Waals surface area contributed by atoms with Gasteiger partial charge in [0.05, 0.1) is 11.1 Å². The van der Waals surface area contributed by atoms with Crippen molar-refractivity contribution in [2.45, 2.75) is 44.8 Å². The van der Waals surface area contributed by atoms with Crippen LogP contribution in [0.2, 0.25) is 0 Å². The van der Waals surface area contributed by atoms with Crippen LogP contribution in [-0.2, 0) is 16.1 Å². The van der Waals surface area contributed by atoms with Crippen molar-refractivity contribution in [3.8, 4) is 0 Å². The first-order valence-corrected chi connectivity index (χ1v) is 9.75. The first-order chi connectivity index (χ1) is 13.5. The largest absolute Gasteiger partial charge is 0.313 e. The maximum Gasteiger partial charge on any atom is 0.262 e. The van der Waals surface area contributed by atoms with Crippen molar-refractivity contribution in [1.29, 1.82) is 0 Å². The van der Waals surface area contributed by atoms with Gasteiger partial charge >= 0.3 is 0 Å². The van der Waals surface area contributed by atoms with Crippen molar-refractivity contribution in [1.82, 2.24) is 20.4 Å². The molecule has 1 aromatic carbocycles. The highest BCUT2D eigenvalue weighted by Gasteiger charge is 2.45. The Bertz CT molecular complexity index is 853. The Morgan fingerprint density at radius 2 is 1.96 bits per heavy atom. The maximum atomic E-state index is 13.1. The number of hydrogen-bond acceptors (Lipinski definition) is 6. The van der Waals surface area contributed by atoms with Gasteiger partial charge in [-0.05, 0) is 44.5 Å². The fourth-order valence-electron chi connectivity index (χ4n) is 4.30. The van der Waals surface area contributed by atoms with Gasteiger partial charge in [0, 0.05) is 25.6 Å². The summed E-state index contributed by atoms with van der Waals surface area (Å²) in [5.41, 5.74) is 1.54. The molecule has 0 aromatic heterocycles. The van der Waals surface area contributed by atoms with Crippen LogP contribution in [-0.4, -0.2) is 65.1 Å². The molecule has 2 saturated heterocycles. The Morgan fingerprint density at radius 1 is 1.14 bits per heavy atom. The molecule has 2 atom stereocenters. The van der Waals surface area contributed by atoms with Gasteiger partial charge in [-0.25, -0.2) is 0 Å². The summed E-state index contributed by atoms with van der Waals surface area (Å²) in [5.74, 6) is -1.85. The Labute approximate surface area is 163 Å².